The summed E-state index contributed by atoms with van der Waals surface area (Å²) in [6, 6.07) is 12.9. The van der Waals surface area contributed by atoms with Gasteiger partial charge in [-0.25, -0.2) is 0 Å². The molecule has 1 atom stereocenters. The molecular weight excluding hydrogens is 258 g/mol. The Kier molecular flexibility index (Phi) is 4.71. The van der Waals surface area contributed by atoms with Crippen molar-refractivity contribution < 1.29 is 9.90 Å². The van der Waals surface area contributed by atoms with Crippen molar-refractivity contribution in [2.45, 2.75) is 19.4 Å². The third-order valence-corrected chi connectivity index (χ3v) is 4.15. The number of aliphatic hydroxyl groups excluding tert-OH is 1. The van der Waals surface area contributed by atoms with Crippen LogP contribution in [0.25, 0.3) is 0 Å². The Labute approximate surface area is 116 Å². The number of thiophene rings is 1. The zero-order valence-corrected chi connectivity index (χ0v) is 11.6. The lowest BCUT2D eigenvalue weighted by Gasteiger charge is -2.16. The van der Waals surface area contributed by atoms with Crippen molar-refractivity contribution in [3.05, 3.63) is 57.8 Å². The minimum atomic E-state index is -0.360. The maximum atomic E-state index is 12.1. The van der Waals surface area contributed by atoms with Crippen LogP contribution >= 0.6 is 11.3 Å². The molecule has 100 valence electrons. The number of rotatable bonds is 5. The SMILES string of the molecule is CCc1ccc(C(=O)NC(CO)c2ccccc2)s1. The summed E-state index contributed by atoms with van der Waals surface area (Å²) in [5, 5.41) is 12.3. The standard InChI is InChI=1S/C15H17NO2S/c1-2-12-8-9-14(19-12)15(18)16-13(10-17)11-6-4-3-5-7-11/h3-9,13,17H,2,10H2,1H3,(H,16,18). The molecule has 1 heterocycles. The predicted octanol–water partition coefficient (Wildman–Crippen LogP) is 2.77. The zero-order chi connectivity index (χ0) is 13.7. The molecule has 0 spiro atoms. The van der Waals surface area contributed by atoms with E-state index in [0.29, 0.717) is 4.88 Å². The van der Waals surface area contributed by atoms with E-state index >= 15 is 0 Å². The number of benzene rings is 1. The summed E-state index contributed by atoms with van der Waals surface area (Å²) in [4.78, 5) is 14.0. The van der Waals surface area contributed by atoms with Crippen LogP contribution in [0.1, 0.15) is 33.1 Å². The van der Waals surface area contributed by atoms with Crippen LogP contribution in [-0.2, 0) is 6.42 Å². The maximum Gasteiger partial charge on any atom is 0.261 e. The summed E-state index contributed by atoms with van der Waals surface area (Å²) in [6.07, 6.45) is 0.931. The van der Waals surface area contributed by atoms with Gasteiger partial charge in [-0.2, -0.15) is 0 Å². The second-order valence-electron chi connectivity index (χ2n) is 4.24. The normalized spacial score (nSPS) is 12.1. The smallest absolute Gasteiger partial charge is 0.261 e. The third kappa shape index (κ3) is 3.43. The summed E-state index contributed by atoms with van der Waals surface area (Å²) >= 11 is 1.49. The van der Waals surface area contributed by atoms with E-state index in [9.17, 15) is 9.90 Å². The molecule has 19 heavy (non-hydrogen) atoms. The molecule has 0 saturated carbocycles. The molecule has 1 unspecified atom stereocenters. The van der Waals surface area contributed by atoms with Gasteiger partial charge in [-0.15, -0.1) is 11.3 Å². The van der Waals surface area contributed by atoms with Crippen molar-refractivity contribution in [1.29, 1.82) is 0 Å². The molecule has 1 aromatic carbocycles. The van der Waals surface area contributed by atoms with Crippen molar-refractivity contribution >= 4 is 17.2 Å². The van der Waals surface area contributed by atoms with E-state index in [4.69, 9.17) is 0 Å². The number of carbonyl (C=O) groups is 1. The van der Waals surface area contributed by atoms with Gasteiger partial charge in [0.1, 0.15) is 0 Å². The van der Waals surface area contributed by atoms with Gasteiger partial charge >= 0.3 is 0 Å². The largest absolute Gasteiger partial charge is 0.394 e. The van der Waals surface area contributed by atoms with Gasteiger partial charge in [0.05, 0.1) is 17.5 Å². The van der Waals surface area contributed by atoms with Gasteiger partial charge in [0, 0.05) is 4.88 Å². The predicted molar refractivity (Wildman–Crippen MR) is 77.4 cm³/mol. The highest BCUT2D eigenvalue weighted by atomic mass is 32.1. The van der Waals surface area contributed by atoms with E-state index < -0.39 is 0 Å². The Bertz CT molecular complexity index is 536. The van der Waals surface area contributed by atoms with Crippen molar-refractivity contribution in [3.63, 3.8) is 0 Å². The first kappa shape index (κ1) is 13.8. The first-order valence-electron chi connectivity index (χ1n) is 6.30. The van der Waals surface area contributed by atoms with E-state index in [1.165, 1.54) is 16.2 Å². The molecule has 0 radical (unpaired) electrons. The molecule has 1 aromatic heterocycles. The monoisotopic (exact) mass is 275 g/mol. The lowest BCUT2D eigenvalue weighted by Crippen LogP contribution is -2.30. The number of amides is 1. The fourth-order valence-corrected chi connectivity index (χ4v) is 2.69. The van der Waals surface area contributed by atoms with Crippen LogP contribution in [0, 0.1) is 0 Å². The first-order chi connectivity index (χ1) is 9.24. The van der Waals surface area contributed by atoms with E-state index in [-0.39, 0.29) is 18.6 Å². The average molecular weight is 275 g/mol. The molecule has 1 amide bonds. The molecule has 0 aliphatic heterocycles. The van der Waals surface area contributed by atoms with Crippen LogP contribution in [-0.4, -0.2) is 17.6 Å². The Morgan fingerprint density at radius 1 is 1.26 bits per heavy atom. The van der Waals surface area contributed by atoms with Crippen molar-refractivity contribution in [1.82, 2.24) is 5.32 Å². The molecule has 0 bridgehead atoms. The Hall–Kier alpha value is -1.65. The second kappa shape index (κ2) is 6.50. The van der Waals surface area contributed by atoms with Crippen LogP contribution in [0.15, 0.2) is 42.5 Å². The van der Waals surface area contributed by atoms with Crippen molar-refractivity contribution in [3.8, 4) is 0 Å². The van der Waals surface area contributed by atoms with Gasteiger partial charge < -0.3 is 10.4 Å². The van der Waals surface area contributed by atoms with Crippen molar-refractivity contribution in [2.24, 2.45) is 0 Å². The number of aliphatic hydroxyl groups is 1. The topological polar surface area (TPSA) is 49.3 Å². The minimum absolute atomic E-state index is 0.109. The number of hydrogen-bond donors (Lipinski definition) is 2. The van der Waals surface area contributed by atoms with E-state index in [1.807, 2.05) is 42.5 Å². The van der Waals surface area contributed by atoms with Gasteiger partial charge in [-0.1, -0.05) is 37.3 Å². The summed E-state index contributed by atoms with van der Waals surface area (Å²) < 4.78 is 0. The van der Waals surface area contributed by atoms with Gasteiger partial charge in [0.2, 0.25) is 0 Å². The second-order valence-corrected chi connectivity index (χ2v) is 5.41. The van der Waals surface area contributed by atoms with Gasteiger partial charge in [0.25, 0.3) is 5.91 Å². The Morgan fingerprint density at radius 3 is 2.58 bits per heavy atom. The van der Waals surface area contributed by atoms with Gasteiger partial charge in [-0.05, 0) is 24.1 Å². The first-order valence-corrected chi connectivity index (χ1v) is 7.11. The van der Waals surface area contributed by atoms with E-state index in [1.54, 1.807) is 0 Å². The Morgan fingerprint density at radius 2 is 2.00 bits per heavy atom. The van der Waals surface area contributed by atoms with Gasteiger partial charge in [-0.3, -0.25) is 4.79 Å². The lowest BCUT2D eigenvalue weighted by atomic mass is 10.1. The van der Waals surface area contributed by atoms with Crippen LogP contribution in [0.5, 0.6) is 0 Å². The molecule has 2 aromatic rings. The van der Waals surface area contributed by atoms with Gasteiger partial charge in [0.15, 0.2) is 0 Å². The highest BCUT2D eigenvalue weighted by molar-refractivity contribution is 7.14. The molecule has 0 saturated heterocycles. The molecule has 4 heteroatoms. The lowest BCUT2D eigenvalue weighted by molar-refractivity contribution is 0.0920. The summed E-state index contributed by atoms with van der Waals surface area (Å²) in [7, 11) is 0. The zero-order valence-electron chi connectivity index (χ0n) is 10.8. The minimum Gasteiger partial charge on any atom is -0.394 e. The molecule has 0 fully saturated rings. The molecule has 2 rings (SSSR count). The molecule has 3 nitrogen and oxygen atoms in total. The fourth-order valence-electron chi connectivity index (χ4n) is 1.84. The van der Waals surface area contributed by atoms with Crippen LogP contribution < -0.4 is 5.32 Å². The fraction of sp³-hybridized carbons (Fsp3) is 0.267. The quantitative estimate of drug-likeness (QED) is 0.881. The molecular formula is C15H17NO2S. The highest BCUT2D eigenvalue weighted by Crippen LogP contribution is 2.18. The number of nitrogens with one attached hydrogen (secondary N) is 1. The molecule has 0 aliphatic carbocycles. The Balaban J connectivity index is 2.08. The summed E-state index contributed by atoms with van der Waals surface area (Å²) in [6.45, 7) is 1.95. The summed E-state index contributed by atoms with van der Waals surface area (Å²) in [5.41, 5.74) is 0.908. The molecule has 0 aliphatic rings. The third-order valence-electron chi connectivity index (χ3n) is 2.92. The number of aryl methyl sites for hydroxylation is 1. The maximum absolute atomic E-state index is 12.1. The molecule has 2 N–H and O–H groups in total. The number of carbonyl (C=O) groups excluding carboxylic acids is 1. The average Bonchev–Trinajstić information content (AvgIpc) is 2.94. The van der Waals surface area contributed by atoms with Crippen LogP contribution in [0.4, 0.5) is 0 Å². The highest BCUT2D eigenvalue weighted by Gasteiger charge is 2.15. The number of hydrogen-bond acceptors (Lipinski definition) is 3. The van der Waals surface area contributed by atoms with E-state index in [2.05, 4.69) is 12.2 Å². The van der Waals surface area contributed by atoms with E-state index in [0.717, 1.165) is 12.0 Å². The summed E-state index contributed by atoms with van der Waals surface area (Å²) in [5.74, 6) is -0.132. The van der Waals surface area contributed by atoms with Crippen LogP contribution in [0.3, 0.4) is 0 Å². The van der Waals surface area contributed by atoms with Crippen LogP contribution in [0.2, 0.25) is 0 Å². The van der Waals surface area contributed by atoms with Crippen molar-refractivity contribution in [2.75, 3.05) is 6.61 Å².